The first-order valence-electron chi connectivity index (χ1n) is 6.72. The van der Waals surface area contributed by atoms with Crippen molar-refractivity contribution < 1.29 is 5.11 Å². The van der Waals surface area contributed by atoms with Crippen molar-refractivity contribution in [1.29, 1.82) is 0 Å². The monoisotopic (exact) mass is 244 g/mol. The Labute approximate surface area is 107 Å². The first-order chi connectivity index (χ1) is 8.66. The molecule has 0 saturated heterocycles. The maximum atomic E-state index is 10.5. The quantitative estimate of drug-likeness (QED) is 0.796. The lowest BCUT2D eigenvalue weighted by Gasteiger charge is -2.33. The second-order valence-electron chi connectivity index (χ2n) is 5.42. The third kappa shape index (κ3) is 2.10. The number of nitrogens with zero attached hydrogens (tertiary/aromatic N) is 1. The van der Waals surface area contributed by atoms with Crippen molar-refractivity contribution >= 4 is 16.6 Å². The molecule has 1 heterocycles. The molecule has 3 nitrogen and oxygen atoms in total. The first-order valence-corrected chi connectivity index (χ1v) is 6.72. The highest BCUT2D eigenvalue weighted by Gasteiger charge is 2.28. The standard InChI is InChI=1S/C15H20N2O/c1-17-10-7-12-5-6-13(11-14(12)17)16-15(18)8-3-2-4-9-15/h5-7,10-11,16,18H,2-4,8-9H2,1H3. The Morgan fingerprint density at radius 1 is 1.17 bits per heavy atom. The molecule has 96 valence electrons. The van der Waals surface area contributed by atoms with Crippen molar-refractivity contribution in [1.82, 2.24) is 4.57 Å². The van der Waals surface area contributed by atoms with Crippen LogP contribution in [0.5, 0.6) is 0 Å². The van der Waals surface area contributed by atoms with E-state index < -0.39 is 5.72 Å². The van der Waals surface area contributed by atoms with Gasteiger partial charge in [0, 0.05) is 24.4 Å². The normalized spacial score (nSPS) is 19.0. The summed E-state index contributed by atoms with van der Waals surface area (Å²) in [4.78, 5) is 0. The highest BCUT2D eigenvalue weighted by atomic mass is 16.3. The predicted molar refractivity (Wildman–Crippen MR) is 74.6 cm³/mol. The zero-order valence-corrected chi connectivity index (χ0v) is 10.8. The van der Waals surface area contributed by atoms with Crippen LogP contribution in [0.15, 0.2) is 30.5 Å². The molecule has 3 rings (SSSR count). The van der Waals surface area contributed by atoms with Crippen LogP contribution in [0.3, 0.4) is 0 Å². The van der Waals surface area contributed by atoms with Crippen molar-refractivity contribution in [3.8, 4) is 0 Å². The number of hydrogen-bond acceptors (Lipinski definition) is 2. The van der Waals surface area contributed by atoms with E-state index in [0.717, 1.165) is 31.4 Å². The molecule has 0 unspecified atom stereocenters. The molecule has 1 aliphatic carbocycles. The van der Waals surface area contributed by atoms with Crippen LogP contribution < -0.4 is 5.32 Å². The lowest BCUT2D eigenvalue weighted by atomic mass is 9.91. The van der Waals surface area contributed by atoms with Gasteiger partial charge in [0.25, 0.3) is 0 Å². The van der Waals surface area contributed by atoms with E-state index in [-0.39, 0.29) is 0 Å². The molecule has 1 aromatic heterocycles. The molecule has 1 aliphatic rings. The highest BCUT2D eigenvalue weighted by molar-refractivity contribution is 5.83. The Morgan fingerprint density at radius 2 is 1.94 bits per heavy atom. The molecule has 1 fully saturated rings. The van der Waals surface area contributed by atoms with Gasteiger partial charge in [-0.15, -0.1) is 0 Å². The number of aromatic nitrogens is 1. The Morgan fingerprint density at radius 3 is 2.72 bits per heavy atom. The minimum Gasteiger partial charge on any atom is -0.371 e. The van der Waals surface area contributed by atoms with Crippen LogP contribution in [0, 0.1) is 0 Å². The lowest BCUT2D eigenvalue weighted by Crippen LogP contribution is -2.39. The van der Waals surface area contributed by atoms with Gasteiger partial charge < -0.3 is 15.0 Å². The molecule has 1 aromatic carbocycles. The summed E-state index contributed by atoms with van der Waals surface area (Å²) >= 11 is 0. The molecule has 0 amide bonds. The summed E-state index contributed by atoms with van der Waals surface area (Å²) in [5.74, 6) is 0. The van der Waals surface area contributed by atoms with Crippen LogP contribution in [0.1, 0.15) is 32.1 Å². The van der Waals surface area contributed by atoms with E-state index >= 15 is 0 Å². The van der Waals surface area contributed by atoms with Crippen LogP contribution >= 0.6 is 0 Å². The van der Waals surface area contributed by atoms with Crippen LogP contribution in [-0.4, -0.2) is 15.4 Å². The van der Waals surface area contributed by atoms with E-state index in [1.807, 2.05) is 7.05 Å². The lowest BCUT2D eigenvalue weighted by molar-refractivity contribution is 0.0317. The molecule has 0 spiro atoms. The van der Waals surface area contributed by atoms with Gasteiger partial charge in [0.15, 0.2) is 0 Å². The van der Waals surface area contributed by atoms with Crippen molar-refractivity contribution in [2.45, 2.75) is 37.8 Å². The summed E-state index contributed by atoms with van der Waals surface area (Å²) in [5, 5.41) is 15.0. The smallest absolute Gasteiger partial charge is 0.135 e. The van der Waals surface area contributed by atoms with E-state index in [2.05, 4.69) is 40.3 Å². The molecule has 18 heavy (non-hydrogen) atoms. The zero-order valence-electron chi connectivity index (χ0n) is 10.8. The number of rotatable bonds is 2. The summed E-state index contributed by atoms with van der Waals surface area (Å²) in [6, 6.07) is 8.37. The summed E-state index contributed by atoms with van der Waals surface area (Å²) in [7, 11) is 2.04. The number of aliphatic hydroxyl groups is 1. The van der Waals surface area contributed by atoms with Crippen LogP contribution in [0.25, 0.3) is 10.9 Å². The van der Waals surface area contributed by atoms with Crippen molar-refractivity contribution in [2.75, 3.05) is 5.32 Å². The summed E-state index contributed by atoms with van der Waals surface area (Å²) in [6.07, 6.45) is 7.20. The van der Waals surface area contributed by atoms with Gasteiger partial charge in [-0.2, -0.15) is 0 Å². The minimum atomic E-state index is -0.711. The number of aryl methyl sites for hydroxylation is 1. The average Bonchev–Trinajstić information content (AvgIpc) is 2.71. The molecular formula is C15H20N2O. The fraction of sp³-hybridized carbons (Fsp3) is 0.467. The molecule has 2 aromatic rings. The molecule has 0 atom stereocenters. The van der Waals surface area contributed by atoms with E-state index in [0.29, 0.717) is 0 Å². The van der Waals surface area contributed by atoms with Gasteiger partial charge in [0.2, 0.25) is 0 Å². The van der Waals surface area contributed by atoms with Crippen molar-refractivity contribution in [2.24, 2.45) is 7.05 Å². The molecule has 0 radical (unpaired) electrons. The van der Waals surface area contributed by atoms with Gasteiger partial charge in [-0.3, -0.25) is 0 Å². The third-order valence-corrected chi connectivity index (χ3v) is 3.95. The molecule has 0 aliphatic heterocycles. The SMILES string of the molecule is Cn1ccc2ccc(NC3(O)CCCCC3)cc21. The zero-order chi connectivity index (χ0) is 12.6. The topological polar surface area (TPSA) is 37.2 Å². The maximum absolute atomic E-state index is 10.5. The second-order valence-corrected chi connectivity index (χ2v) is 5.42. The summed E-state index contributed by atoms with van der Waals surface area (Å²) in [6.45, 7) is 0. The molecule has 3 heteroatoms. The van der Waals surface area contributed by atoms with E-state index in [1.54, 1.807) is 0 Å². The molecule has 1 saturated carbocycles. The molecule has 2 N–H and O–H groups in total. The Bertz CT molecular complexity index is 553. The Balaban J connectivity index is 1.87. The van der Waals surface area contributed by atoms with Crippen molar-refractivity contribution in [3.63, 3.8) is 0 Å². The Hall–Kier alpha value is -1.48. The van der Waals surface area contributed by atoms with Gasteiger partial charge >= 0.3 is 0 Å². The van der Waals surface area contributed by atoms with E-state index in [4.69, 9.17) is 0 Å². The van der Waals surface area contributed by atoms with Crippen LogP contribution in [0.4, 0.5) is 5.69 Å². The fourth-order valence-corrected chi connectivity index (χ4v) is 2.87. The second kappa shape index (κ2) is 4.32. The van der Waals surface area contributed by atoms with E-state index in [1.165, 1.54) is 17.3 Å². The maximum Gasteiger partial charge on any atom is 0.135 e. The predicted octanol–water partition coefficient (Wildman–Crippen LogP) is 3.24. The summed E-state index contributed by atoms with van der Waals surface area (Å²) < 4.78 is 2.10. The minimum absolute atomic E-state index is 0.711. The van der Waals surface area contributed by atoms with Gasteiger partial charge in [0.1, 0.15) is 5.72 Å². The average molecular weight is 244 g/mol. The van der Waals surface area contributed by atoms with Gasteiger partial charge in [-0.25, -0.2) is 0 Å². The molecule has 0 bridgehead atoms. The highest BCUT2D eigenvalue weighted by Crippen LogP contribution is 2.30. The van der Waals surface area contributed by atoms with Gasteiger partial charge in [-0.05, 0) is 49.3 Å². The van der Waals surface area contributed by atoms with Crippen molar-refractivity contribution in [3.05, 3.63) is 30.5 Å². The number of hydrogen-bond donors (Lipinski definition) is 2. The number of anilines is 1. The number of fused-ring (bicyclic) bond motifs is 1. The first kappa shape index (κ1) is 11.6. The van der Waals surface area contributed by atoms with Gasteiger partial charge in [0.05, 0.1) is 0 Å². The third-order valence-electron chi connectivity index (χ3n) is 3.95. The van der Waals surface area contributed by atoms with Crippen LogP contribution in [-0.2, 0) is 7.05 Å². The Kier molecular flexibility index (Phi) is 2.78. The number of nitrogens with one attached hydrogen (secondary N) is 1. The fourth-order valence-electron chi connectivity index (χ4n) is 2.87. The molecular weight excluding hydrogens is 224 g/mol. The summed E-state index contributed by atoms with van der Waals surface area (Å²) in [5.41, 5.74) is 1.49. The van der Waals surface area contributed by atoms with E-state index in [9.17, 15) is 5.11 Å². The van der Waals surface area contributed by atoms with Crippen LogP contribution in [0.2, 0.25) is 0 Å². The number of benzene rings is 1. The van der Waals surface area contributed by atoms with Gasteiger partial charge in [-0.1, -0.05) is 12.5 Å². The largest absolute Gasteiger partial charge is 0.371 e.